The van der Waals surface area contributed by atoms with Gasteiger partial charge in [0.2, 0.25) is 10.0 Å². The first-order valence-electron chi connectivity index (χ1n) is 9.43. The molecule has 148 valence electrons. The molecule has 1 atom stereocenters. The standard InChI is InChI=1S/C17H25N5O4S/c1-21-10-14(9-18-21)17-19-16(20-26-17)15-11-25-8-7-22(15)27(23,24)12-13-5-3-2-4-6-13/h9-10,13,15H,2-8,11-12H2,1H3. The van der Waals surface area contributed by atoms with Crippen LogP contribution in [0.15, 0.2) is 16.9 Å². The van der Waals surface area contributed by atoms with Crippen LogP contribution >= 0.6 is 0 Å². The minimum absolute atomic E-state index is 0.191. The van der Waals surface area contributed by atoms with Crippen LogP contribution in [0, 0.1) is 5.92 Å². The van der Waals surface area contributed by atoms with Gasteiger partial charge in [-0.15, -0.1) is 0 Å². The second-order valence-corrected chi connectivity index (χ2v) is 9.31. The Balaban J connectivity index is 1.54. The van der Waals surface area contributed by atoms with Crippen molar-refractivity contribution in [2.45, 2.75) is 38.1 Å². The van der Waals surface area contributed by atoms with Crippen molar-refractivity contribution < 1.29 is 17.7 Å². The summed E-state index contributed by atoms with van der Waals surface area (Å²) >= 11 is 0. The Morgan fingerprint density at radius 2 is 2.07 bits per heavy atom. The van der Waals surface area contributed by atoms with Crippen molar-refractivity contribution in [2.24, 2.45) is 13.0 Å². The Bertz CT molecular complexity index is 872. The lowest BCUT2D eigenvalue weighted by Gasteiger charge is -2.34. The van der Waals surface area contributed by atoms with E-state index in [9.17, 15) is 8.42 Å². The molecule has 2 aromatic heterocycles. The monoisotopic (exact) mass is 395 g/mol. The molecule has 0 aromatic carbocycles. The van der Waals surface area contributed by atoms with Crippen LogP contribution in [0.25, 0.3) is 11.5 Å². The first-order chi connectivity index (χ1) is 13.0. The van der Waals surface area contributed by atoms with Crippen LogP contribution < -0.4 is 0 Å². The molecule has 1 saturated heterocycles. The van der Waals surface area contributed by atoms with E-state index in [1.807, 2.05) is 0 Å². The number of morpholine rings is 1. The van der Waals surface area contributed by atoms with Gasteiger partial charge >= 0.3 is 0 Å². The lowest BCUT2D eigenvalue weighted by Crippen LogP contribution is -2.45. The molecule has 2 aliphatic rings. The second-order valence-electron chi connectivity index (χ2n) is 7.34. The van der Waals surface area contributed by atoms with Gasteiger partial charge in [-0.2, -0.15) is 14.4 Å². The predicted molar refractivity (Wildman–Crippen MR) is 97.1 cm³/mol. The Hall–Kier alpha value is -1.78. The van der Waals surface area contributed by atoms with E-state index in [2.05, 4.69) is 15.2 Å². The molecule has 1 saturated carbocycles. The highest BCUT2D eigenvalue weighted by molar-refractivity contribution is 7.89. The SMILES string of the molecule is Cn1cc(-c2nc(C3COCCN3S(=O)(=O)CC3CCCCC3)no2)cn1. The molecule has 1 unspecified atom stereocenters. The highest BCUT2D eigenvalue weighted by Gasteiger charge is 2.38. The van der Waals surface area contributed by atoms with Crippen LogP contribution in [-0.2, 0) is 21.8 Å². The van der Waals surface area contributed by atoms with Gasteiger partial charge in [-0.1, -0.05) is 24.4 Å². The third-order valence-electron chi connectivity index (χ3n) is 5.30. The minimum atomic E-state index is -3.42. The van der Waals surface area contributed by atoms with Gasteiger partial charge in [0.1, 0.15) is 6.04 Å². The highest BCUT2D eigenvalue weighted by Crippen LogP contribution is 2.31. The molecule has 10 heteroatoms. The summed E-state index contributed by atoms with van der Waals surface area (Å²) in [5.74, 6) is 1.09. The summed E-state index contributed by atoms with van der Waals surface area (Å²) in [6, 6.07) is -0.554. The van der Waals surface area contributed by atoms with Gasteiger partial charge in [0.15, 0.2) is 5.82 Å². The number of rotatable bonds is 5. The topological polar surface area (TPSA) is 103 Å². The van der Waals surface area contributed by atoms with Crippen molar-refractivity contribution >= 4 is 10.0 Å². The molecule has 0 N–H and O–H groups in total. The van der Waals surface area contributed by atoms with Gasteiger partial charge in [0, 0.05) is 19.8 Å². The third-order valence-corrected chi connectivity index (χ3v) is 7.34. The molecule has 0 spiro atoms. The zero-order chi connectivity index (χ0) is 18.9. The molecule has 0 bridgehead atoms. The molecular weight excluding hydrogens is 370 g/mol. The lowest BCUT2D eigenvalue weighted by atomic mass is 9.91. The van der Waals surface area contributed by atoms with E-state index < -0.39 is 16.1 Å². The number of hydrogen-bond acceptors (Lipinski definition) is 7. The number of ether oxygens (including phenoxy) is 1. The first-order valence-corrected chi connectivity index (χ1v) is 11.0. The van der Waals surface area contributed by atoms with Crippen LogP contribution in [0.5, 0.6) is 0 Å². The minimum Gasteiger partial charge on any atom is -0.378 e. The van der Waals surface area contributed by atoms with Gasteiger partial charge < -0.3 is 9.26 Å². The van der Waals surface area contributed by atoms with Crippen LogP contribution in [0.3, 0.4) is 0 Å². The largest absolute Gasteiger partial charge is 0.378 e. The Morgan fingerprint density at radius 3 is 2.81 bits per heavy atom. The highest BCUT2D eigenvalue weighted by atomic mass is 32.2. The van der Waals surface area contributed by atoms with Crippen molar-refractivity contribution in [1.82, 2.24) is 24.2 Å². The Morgan fingerprint density at radius 1 is 1.26 bits per heavy atom. The fourth-order valence-electron chi connectivity index (χ4n) is 3.89. The van der Waals surface area contributed by atoms with E-state index in [4.69, 9.17) is 9.26 Å². The van der Waals surface area contributed by atoms with E-state index in [0.717, 1.165) is 25.7 Å². The fourth-order valence-corrected chi connectivity index (χ4v) is 5.91. The summed E-state index contributed by atoms with van der Waals surface area (Å²) in [7, 11) is -1.62. The van der Waals surface area contributed by atoms with Gasteiger partial charge in [0.05, 0.1) is 30.7 Å². The predicted octanol–water partition coefficient (Wildman–Crippen LogP) is 1.75. The fraction of sp³-hybridized carbons (Fsp3) is 0.706. The zero-order valence-electron chi connectivity index (χ0n) is 15.5. The Kier molecular flexibility index (Phi) is 5.29. The number of sulfonamides is 1. The third kappa shape index (κ3) is 4.07. The maximum absolute atomic E-state index is 13.1. The molecular formula is C17H25N5O4S. The molecule has 0 amide bonds. The van der Waals surface area contributed by atoms with E-state index in [1.54, 1.807) is 24.1 Å². The van der Waals surface area contributed by atoms with Crippen molar-refractivity contribution in [3.63, 3.8) is 0 Å². The molecule has 0 radical (unpaired) electrons. The van der Waals surface area contributed by atoms with Gasteiger partial charge in [-0.25, -0.2) is 8.42 Å². The summed E-state index contributed by atoms with van der Waals surface area (Å²) < 4.78 is 40.2. The number of aromatic nitrogens is 4. The average Bonchev–Trinajstić information content (AvgIpc) is 3.31. The van der Waals surface area contributed by atoms with Gasteiger partial charge in [-0.05, 0) is 18.8 Å². The van der Waals surface area contributed by atoms with Crippen molar-refractivity contribution in [3.05, 3.63) is 18.2 Å². The Labute approximate surface area is 158 Å². The quantitative estimate of drug-likeness (QED) is 0.760. The number of hydrogen-bond donors (Lipinski definition) is 0. The van der Waals surface area contributed by atoms with Crippen LogP contribution in [0.2, 0.25) is 0 Å². The molecule has 9 nitrogen and oxygen atoms in total. The maximum atomic E-state index is 13.1. The van der Waals surface area contributed by atoms with Crippen LogP contribution in [-0.4, -0.2) is 58.2 Å². The smallest absolute Gasteiger partial charge is 0.261 e. The summed E-state index contributed by atoms with van der Waals surface area (Å²) in [5, 5.41) is 8.12. The summed E-state index contributed by atoms with van der Waals surface area (Å²) in [5.41, 5.74) is 0.699. The molecule has 2 fully saturated rings. The molecule has 4 rings (SSSR count). The van der Waals surface area contributed by atoms with Gasteiger partial charge in [0.25, 0.3) is 5.89 Å². The average molecular weight is 395 g/mol. The molecule has 27 heavy (non-hydrogen) atoms. The first kappa shape index (κ1) is 18.6. The van der Waals surface area contributed by atoms with Crippen molar-refractivity contribution in [3.8, 4) is 11.5 Å². The summed E-state index contributed by atoms with van der Waals surface area (Å²) in [6.07, 6.45) is 8.82. The molecule has 2 aromatic rings. The van der Waals surface area contributed by atoms with E-state index in [1.165, 1.54) is 10.7 Å². The van der Waals surface area contributed by atoms with Gasteiger partial charge in [-0.3, -0.25) is 4.68 Å². The lowest BCUT2D eigenvalue weighted by molar-refractivity contribution is 0.0280. The normalized spacial score (nSPS) is 22.9. The second kappa shape index (κ2) is 7.69. The van der Waals surface area contributed by atoms with E-state index in [0.29, 0.717) is 30.4 Å². The number of nitrogens with zero attached hydrogens (tertiary/aromatic N) is 5. The zero-order valence-corrected chi connectivity index (χ0v) is 16.3. The van der Waals surface area contributed by atoms with E-state index >= 15 is 0 Å². The number of aryl methyl sites for hydroxylation is 1. The molecule has 1 aliphatic carbocycles. The maximum Gasteiger partial charge on any atom is 0.261 e. The van der Waals surface area contributed by atoms with Crippen LogP contribution in [0.4, 0.5) is 0 Å². The van der Waals surface area contributed by atoms with E-state index in [-0.39, 0.29) is 18.3 Å². The van der Waals surface area contributed by atoms with Crippen molar-refractivity contribution in [2.75, 3.05) is 25.5 Å². The van der Waals surface area contributed by atoms with Crippen LogP contribution in [0.1, 0.15) is 44.0 Å². The summed E-state index contributed by atoms with van der Waals surface area (Å²) in [6.45, 7) is 0.931. The van der Waals surface area contributed by atoms with Crippen molar-refractivity contribution in [1.29, 1.82) is 0 Å². The molecule has 3 heterocycles. The summed E-state index contributed by atoms with van der Waals surface area (Å²) in [4.78, 5) is 4.41. The molecule has 1 aliphatic heterocycles.